The molecular formula is C29H32N6OS. The van der Waals surface area contributed by atoms with Crippen molar-refractivity contribution >= 4 is 55.4 Å². The van der Waals surface area contributed by atoms with Crippen LogP contribution in [0.1, 0.15) is 44.2 Å². The molecular weight excluding hydrogens is 480 g/mol. The van der Waals surface area contributed by atoms with Gasteiger partial charge in [0.2, 0.25) is 5.91 Å². The van der Waals surface area contributed by atoms with E-state index in [0.717, 1.165) is 79.1 Å². The van der Waals surface area contributed by atoms with Crippen LogP contribution >= 0.6 is 11.3 Å². The Hall–Kier alpha value is -3.23. The predicted molar refractivity (Wildman–Crippen MR) is 150 cm³/mol. The van der Waals surface area contributed by atoms with E-state index in [2.05, 4.69) is 54.3 Å². The third kappa shape index (κ3) is 4.42. The molecule has 0 spiro atoms. The van der Waals surface area contributed by atoms with Gasteiger partial charge >= 0.3 is 0 Å². The van der Waals surface area contributed by atoms with Crippen LogP contribution in [-0.4, -0.2) is 63.4 Å². The monoisotopic (exact) mass is 512 g/mol. The summed E-state index contributed by atoms with van der Waals surface area (Å²) in [5, 5.41) is 4.64. The third-order valence-electron chi connectivity index (χ3n) is 8.27. The molecule has 1 amide bonds. The number of carbonyl (C=O) groups is 1. The van der Waals surface area contributed by atoms with Crippen molar-refractivity contribution in [3.05, 3.63) is 53.8 Å². The molecule has 2 fully saturated rings. The van der Waals surface area contributed by atoms with Gasteiger partial charge in [0.25, 0.3) is 0 Å². The largest absolute Gasteiger partial charge is 0.355 e. The first kappa shape index (κ1) is 22.9. The number of aromatic amines is 1. The maximum absolute atomic E-state index is 13.5. The van der Waals surface area contributed by atoms with Crippen LogP contribution in [0, 0.1) is 5.41 Å². The Morgan fingerprint density at radius 3 is 2.78 bits per heavy atom. The number of aromatic nitrogens is 3. The smallest absolute Gasteiger partial charge is 0.230 e. The lowest BCUT2D eigenvalue weighted by Gasteiger charge is -2.34. The van der Waals surface area contributed by atoms with Gasteiger partial charge in [0.05, 0.1) is 26.8 Å². The average molecular weight is 513 g/mol. The SMILES string of the molecule is O=C(N1CC=C(c2cc3c(Nc4ccc5ncsc5c4)ccnc3[nH]2)CC1)C1(CN2CCCCC2)CC1. The number of pyridine rings is 1. The Bertz CT molecular complexity index is 1490. The molecule has 37 heavy (non-hydrogen) atoms. The number of nitrogens with zero attached hydrogens (tertiary/aromatic N) is 4. The minimum Gasteiger partial charge on any atom is -0.355 e. The van der Waals surface area contributed by atoms with Gasteiger partial charge in [-0.1, -0.05) is 12.5 Å². The lowest BCUT2D eigenvalue weighted by Crippen LogP contribution is -2.45. The molecule has 1 saturated heterocycles. The van der Waals surface area contributed by atoms with Crippen molar-refractivity contribution in [3.8, 4) is 0 Å². The van der Waals surface area contributed by atoms with E-state index in [1.807, 2.05) is 23.8 Å². The van der Waals surface area contributed by atoms with E-state index >= 15 is 0 Å². The summed E-state index contributed by atoms with van der Waals surface area (Å²) in [4.78, 5) is 30.6. The van der Waals surface area contributed by atoms with Crippen molar-refractivity contribution in [1.82, 2.24) is 24.8 Å². The van der Waals surface area contributed by atoms with Crippen LogP contribution in [0.4, 0.5) is 11.4 Å². The van der Waals surface area contributed by atoms with Gasteiger partial charge < -0.3 is 20.1 Å². The number of H-pyrrole nitrogens is 1. The molecule has 0 atom stereocenters. The Labute approximate surface area is 220 Å². The molecule has 1 aromatic carbocycles. The van der Waals surface area contributed by atoms with Gasteiger partial charge in [-0.05, 0) is 81.1 Å². The van der Waals surface area contributed by atoms with E-state index < -0.39 is 0 Å². The number of hydrogen-bond acceptors (Lipinski definition) is 6. The number of anilines is 2. The van der Waals surface area contributed by atoms with Gasteiger partial charge in [-0.15, -0.1) is 11.3 Å². The summed E-state index contributed by atoms with van der Waals surface area (Å²) in [5.41, 5.74) is 8.08. The summed E-state index contributed by atoms with van der Waals surface area (Å²) in [6.07, 6.45) is 10.9. The third-order valence-corrected chi connectivity index (χ3v) is 9.06. The van der Waals surface area contributed by atoms with Crippen LogP contribution in [0.3, 0.4) is 0 Å². The lowest BCUT2D eigenvalue weighted by molar-refractivity contribution is -0.137. The average Bonchev–Trinajstić information content (AvgIpc) is 3.34. The molecule has 190 valence electrons. The second-order valence-electron chi connectivity index (χ2n) is 10.8. The fourth-order valence-electron chi connectivity index (χ4n) is 5.97. The molecule has 1 aliphatic carbocycles. The summed E-state index contributed by atoms with van der Waals surface area (Å²) in [6.45, 7) is 4.75. The fraction of sp³-hybridized carbons (Fsp3) is 0.414. The standard InChI is InChI=1S/C29H32N6OS/c36-28(29(9-10-29)18-34-12-2-1-3-13-34)35-14-7-20(8-15-35)25-17-22-23(6-11-30-27(22)33-25)32-21-4-5-24-26(16-21)37-19-31-24/h4-7,11,16-17,19H,1-3,8-10,12-15,18H2,(H2,30,32,33). The number of rotatable bonds is 6. The molecule has 0 bridgehead atoms. The van der Waals surface area contributed by atoms with Gasteiger partial charge in [-0.2, -0.15) is 0 Å². The highest BCUT2D eigenvalue weighted by atomic mass is 32.1. The quantitative estimate of drug-likeness (QED) is 0.342. The molecule has 3 aromatic heterocycles. The van der Waals surface area contributed by atoms with Crippen molar-refractivity contribution in [2.24, 2.45) is 5.41 Å². The summed E-state index contributed by atoms with van der Waals surface area (Å²) in [6, 6.07) is 10.5. The Balaban J connectivity index is 1.06. The second-order valence-corrected chi connectivity index (χ2v) is 11.7. The van der Waals surface area contributed by atoms with Gasteiger partial charge in [-0.25, -0.2) is 9.97 Å². The highest BCUT2D eigenvalue weighted by Crippen LogP contribution is 2.48. The number of piperidine rings is 1. The van der Waals surface area contributed by atoms with E-state index in [1.54, 1.807) is 11.3 Å². The Morgan fingerprint density at radius 1 is 1.08 bits per heavy atom. The predicted octanol–water partition coefficient (Wildman–Crippen LogP) is 5.80. The number of benzene rings is 1. The van der Waals surface area contributed by atoms with Gasteiger partial charge in [0, 0.05) is 42.6 Å². The van der Waals surface area contributed by atoms with Crippen molar-refractivity contribution in [3.63, 3.8) is 0 Å². The highest BCUT2D eigenvalue weighted by Gasteiger charge is 2.52. The summed E-state index contributed by atoms with van der Waals surface area (Å²) < 4.78 is 1.17. The first-order chi connectivity index (χ1) is 18.2. The minimum absolute atomic E-state index is 0.115. The van der Waals surface area contributed by atoms with E-state index in [1.165, 1.54) is 29.5 Å². The number of hydrogen-bond donors (Lipinski definition) is 2. The van der Waals surface area contributed by atoms with Crippen LogP contribution in [0.15, 0.2) is 48.1 Å². The molecule has 4 aromatic rings. The fourth-order valence-corrected chi connectivity index (χ4v) is 6.68. The van der Waals surface area contributed by atoms with Crippen LogP contribution in [0.25, 0.3) is 26.8 Å². The second kappa shape index (κ2) is 9.26. The Morgan fingerprint density at radius 2 is 1.97 bits per heavy atom. The number of fused-ring (bicyclic) bond motifs is 2. The van der Waals surface area contributed by atoms with Gasteiger partial charge in [-0.3, -0.25) is 4.79 Å². The zero-order valence-corrected chi connectivity index (χ0v) is 21.8. The van der Waals surface area contributed by atoms with E-state index in [0.29, 0.717) is 12.5 Å². The molecule has 3 aliphatic rings. The number of amides is 1. The Kier molecular flexibility index (Phi) is 5.74. The zero-order chi connectivity index (χ0) is 24.8. The van der Waals surface area contributed by atoms with Crippen molar-refractivity contribution in [1.29, 1.82) is 0 Å². The zero-order valence-electron chi connectivity index (χ0n) is 21.0. The molecule has 7 nitrogen and oxygen atoms in total. The molecule has 5 heterocycles. The van der Waals surface area contributed by atoms with E-state index in [9.17, 15) is 4.79 Å². The maximum Gasteiger partial charge on any atom is 0.230 e. The molecule has 2 N–H and O–H groups in total. The number of carbonyl (C=O) groups excluding carboxylic acids is 1. The number of likely N-dealkylation sites (tertiary alicyclic amines) is 1. The van der Waals surface area contributed by atoms with Crippen molar-refractivity contribution in [2.45, 2.75) is 38.5 Å². The summed E-state index contributed by atoms with van der Waals surface area (Å²) >= 11 is 1.65. The maximum atomic E-state index is 13.5. The molecule has 1 saturated carbocycles. The minimum atomic E-state index is -0.115. The summed E-state index contributed by atoms with van der Waals surface area (Å²) in [5.74, 6) is 0.371. The molecule has 0 unspecified atom stereocenters. The van der Waals surface area contributed by atoms with E-state index in [-0.39, 0.29) is 5.41 Å². The van der Waals surface area contributed by atoms with Crippen LogP contribution < -0.4 is 5.32 Å². The number of nitrogens with one attached hydrogen (secondary N) is 2. The van der Waals surface area contributed by atoms with Crippen molar-refractivity contribution < 1.29 is 4.79 Å². The van der Waals surface area contributed by atoms with Crippen LogP contribution in [0.2, 0.25) is 0 Å². The molecule has 7 rings (SSSR count). The normalized spacial score (nSPS) is 19.8. The van der Waals surface area contributed by atoms with Crippen molar-refractivity contribution in [2.75, 3.05) is 38.0 Å². The van der Waals surface area contributed by atoms with Gasteiger partial charge in [0.15, 0.2) is 0 Å². The molecule has 8 heteroatoms. The molecule has 2 aliphatic heterocycles. The lowest BCUT2D eigenvalue weighted by atomic mass is 9.99. The first-order valence-corrected chi connectivity index (χ1v) is 14.3. The number of thiazole rings is 1. The van der Waals surface area contributed by atoms with Gasteiger partial charge in [0.1, 0.15) is 5.65 Å². The topological polar surface area (TPSA) is 77.1 Å². The first-order valence-electron chi connectivity index (χ1n) is 13.5. The van der Waals surface area contributed by atoms with Crippen LogP contribution in [-0.2, 0) is 4.79 Å². The highest BCUT2D eigenvalue weighted by molar-refractivity contribution is 7.16. The van der Waals surface area contributed by atoms with Crippen LogP contribution in [0.5, 0.6) is 0 Å². The van der Waals surface area contributed by atoms with E-state index in [4.69, 9.17) is 0 Å². The molecule has 0 radical (unpaired) electrons. The summed E-state index contributed by atoms with van der Waals surface area (Å²) in [7, 11) is 0.